The summed E-state index contributed by atoms with van der Waals surface area (Å²) in [6.07, 6.45) is 0. The summed E-state index contributed by atoms with van der Waals surface area (Å²) in [6.45, 7) is 2.36. The second kappa shape index (κ2) is 6.82. The number of carbonyl (C=O) groups is 2. The van der Waals surface area contributed by atoms with Gasteiger partial charge in [0, 0.05) is 17.9 Å². The SMILES string of the molecule is COc1cccc(-c2nc(C)sc2C(=O)N2CCSC2C(N)=O)c1. The van der Waals surface area contributed by atoms with Crippen molar-refractivity contribution in [2.45, 2.75) is 12.3 Å². The molecule has 0 spiro atoms. The topological polar surface area (TPSA) is 85.5 Å². The molecule has 0 saturated carbocycles. The Balaban J connectivity index is 2.00. The summed E-state index contributed by atoms with van der Waals surface area (Å²) in [5, 5.41) is 0.178. The molecule has 6 nitrogen and oxygen atoms in total. The van der Waals surface area contributed by atoms with Crippen LogP contribution >= 0.6 is 23.1 Å². The third-order valence-corrected chi connectivity index (χ3v) is 5.85. The minimum atomic E-state index is -0.613. The maximum atomic E-state index is 13.0. The Labute approximate surface area is 148 Å². The Morgan fingerprint density at radius 3 is 2.92 bits per heavy atom. The molecule has 0 radical (unpaired) electrons. The minimum Gasteiger partial charge on any atom is -0.497 e. The zero-order valence-corrected chi connectivity index (χ0v) is 14.9. The van der Waals surface area contributed by atoms with Crippen molar-refractivity contribution in [1.82, 2.24) is 9.88 Å². The second-order valence-corrected chi connectivity index (χ2v) is 7.66. The first-order valence-electron chi connectivity index (χ1n) is 7.35. The number of thiazole rings is 1. The maximum Gasteiger partial charge on any atom is 0.267 e. The lowest BCUT2D eigenvalue weighted by molar-refractivity contribution is -0.119. The predicted molar refractivity (Wildman–Crippen MR) is 95.3 cm³/mol. The number of hydrogen-bond donors (Lipinski definition) is 1. The van der Waals surface area contributed by atoms with Crippen molar-refractivity contribution in [2.75, 3.05) is 19.4 Å². The zero-order chi connectivity index (χ0) is 17.3. The van der Waals surface area contributed by atoms with E-state index in [0.717, 1.165) is 10.6 Å². The van der Waals surface area contributed by atoms with Crippen molar-refractivity contribution in [3.63, 3.8) is 0 Å². The van der Waals surface area contributed by atoms with Crippen LogP contribution in [0.25, 0.3) is 11.3 Å². The molecular weight excluding hydrogens is 346 g/mol. The number of benzene rings is 1. The number of primary amides is 1. The average molecular weight is 363 g/mol. The van der Waals surface area contributed by atoms with E-state index >= 15 is 0 Å². The van der Waals surface area contributed by atoms with Crippen molar-refractivity contribution in [1.29, 1.82) is 0 Å². The van der Waals surface area contributed by atoms with E-state index in [2.05, 4.69) is 4.98 Å². The van der Waals surface area contributed by atoms with Gasteiger partial charge in [-0.1, -0.05) is 12.1 Å². The standard InChI is InChI=1S/C16H17N3O3S2/c1-9-18-12(10-4-3-5-11(8-10)22-2)13(24-9)15(21)19-6-7-23-16(19)14(17)20/h3-5,8,16H,6-7H2,1-2H3,(H2,17,20). The van der Waals surface area contributed by atoms with Crippen molar-refractivity contribution in [3.8, 4) is 17.0 Å². The average Bonchev–Trinajstić information content (AvgIpc) is 3.21. The fourth-order valence-corrected chi connectivity index (χ4v) is 4.55. The molecule has 1 fully saturated rings. The summed E-state index contributed by atoms with van der Waals surface area (Å²) in [5.41, 5.74) is 6.84. The van der Waals surface area contributed by atoms with Gasteiger partial charge in [-0.05, 0) is 19.1 Å². The number of ether oxygens (including phenoxy) is 1. The van der Waals surface area contributed by atoms with Crippen molar-refractivity contribution < 1.29 is 14.3 Å². The highest BCUT2D eigenvalue weighted by Crippen LogP contribution is 2.33. The second-order valence-electron chi connectivity index (χ2n) is 5.27. The molecule has 1 aromatic heterocycles. The van der Waals surface area contributed by atoms with E-state index in [9.17, 15) is 9.59 Å². The van der Waals surface area contributed by atoms with Gasteiger partial charge in [0.15, 0.2) is 5.37 Å². The molecule has 1 saturated heterocycles. The smallest absolute Gasteiger partial charge is 0.267 e. The highest BCUT2D eigenvalue weighted by molar-refractivity contribution is 8.00. The van der Waals surface area contributed by atoms with E-state index in [1.165, 1.54) is 28.0 Å². The number of nitrogens with zero attached hydrogens (tertiary/aromatic N) is 2. The first-order valence-corrected chi connectivity index (χ1v) is 9.21. The fraction of sp³-hybridized carbons (Fsp3) is 0.312. The quantitative estimate of drug-likeness (QED) is 0.899. The van der Waals surface area contributed by atoms with E-state index < -0.39 is 11.3 Å². The highest BCUT2D eigenvalue weighted by atomic mass is 32.2. The van der Waals surface area contributed by atoms with Crippen LogP contribution in [0.1, 0.15) is 14.7 Å². The molecule has 1 aliphatic heterocycles. The molecular formula is C16H17N3O3S2. The molecule has 1 unspecified atom stereocenters. The number of methoxy groups -OCH3 is 1. The lowest BCUT2D eigenvalue weighted by Crippen LogP contribution is -2.42. The number of aromatic nitrogens is 1. The van der Waals surface area contributed by atoms with E-state index in [0.29, 0.717) is 28.6 Å². The zero-order valence-electron chi connectivity index (χ0n) is 13.3. The van der Waals surface area contributed by atoms with Crippen LogP contribution in [0, 0.1) is 6.92 Å². The molecule has 2 amide bonds. The molecule has 1 aliphatic rings. The van der Waals surface area contributed by atoms with Gasteiger partial charge in [0.2, 0.25) is 0 Å². The molecule has 1 aromatic carbocycles. The van der Waals surface area contributed by atoms with Gasteiger partial charge in [0.25, 0.3) is 11.8 Å². The van der Waals surface area contributed by atoms with Gasteiger partial charge >= 0.3 is 0 Å². The number of rotatable bonds is 4. The van der Waals surface area contributed by atoms with Crippen LogP contribution in [0.5, 0.6) is 5.75 Å². The Morgan fingerprint density at radius 1 is 1.42 bits per heavy atom. The lowest BCUT2D eigenvalue weighted by Gasteiger charge is -2.20. The van der Waals surface area contributed by atoms with Crippen molar-refractivity contribution in [3.05, 3.63) is 34.2 Å². The number of hydrogen-bond acceptors (Lipinski definition) is 6. The van der Waals surface area contributed by atoms with Gasteiger partial charge in [-0.3, -0.25) is 9.59 Å². The summed E-state index contributed by atoms with van der Waals surface area (Å²) >= 11 is 2.72. The van der Waals surface area contributed by atoms with Crippen LogP contribution < -0.4 is 10.5 Å². The van der Waals surface area contributed by atoms with Crippen LogP contribution in [-0.2, 0) is 4.79 Å². The van der Waals surface area contributed by atoms with E-state index in [-0.39, 0.29) is 5.91 Å². The Hall–Kier alpha value is -2.06. The molecule has 24 heavy (non-hydrogen) atoms. The van der Waals surface area contributed by atoms with Gasteiger partial charge in [-0.15, -0.1) is 23.1 Å². The number of carbonyl (C=O) groups excluding carboxylic acids is 2. The third kappa shape index (κ3) is 3.11. The molecule has 126 valence electrons. The lowest BCUT2D eigenvalue weighted by atomic mass is 10.1. The van der Waals surface area contributed by atoms with E-state index in [1.54, 1.807) is 7.11 Å². The van der Waals surface area contributed by atoms with Gasteiger partial charge in [0.1, 0.15) is 10.6 Å². The molecule has 0 aliphatic carbocycles. The molecule has 0 bridgehead atoms. The van der Waals surface area contributed by atoms with Crippen molar-refractivity contribution >= 4 is 34.9 Å². The summed E-state index contributed by atoms with van der Waals surface area (Å²) in [6, 6.07) is 7.42. The molecule has 2 heterocycles. The minimum absolute atomic E-state index is 0.202. The Kier molecular flexibility index (Phi) is 4.77. The number of amides is 2. The van der Waals surface area contributed by atoms with Crippen LogP contribution in [0.4, 0.5) is 0 Å². The Morgan fingerprint density at radius 2 is 2.21 bits per heavy atom. The van der Waals surface area contributed by atoms with Crippen LogP contribution in [0.2, 0.25) is 0 Å². The van der Waals surface area contributed by atoms with Gasteiger partial charge in [0.05, 0.1) is 17.8 Å². The third-order valence-electron chi connectivity index (χ3n) is 3.67. The van der Waals surface area contributed by atoms with Crippen LogP contribution in [0.3, 0.4) is 0 Å². The summed E-state index contributed by atoms with van der Waals surface area (Å²) < 4.78 is 5.25. The summed E-state index contributed by atoms with van der Waals surface area (Å²) in [7, 11) is 1.59. The van der Waals surface area contributed by atoms with E-state index in [1.807, 2.05) is 31.2 Å². The van der Waals surface area contributed by atoms with Crippen LogP contribution in [0.15, 0.2) is 24.3 Å². The number of aryl methyl sites for hydroxylation is 1. The molecule has 1 atom stereocenters. The molecule has 8 heteroatoms. The molecule has 2 N–H and O–H groups in total. The van der Waals surface area contributed by atoms with Crippen LogP contribution in [-0.4, -0.2) is 46.5 Å². The van der Waals surface area contributed by atoms with Gasteiger partial charge < -0.3 is 15.4 Å². The first kappa shape index (κ1) is 16.8. The Bertz CT molecular complexity index is 791. The predicted octanol–water partition coefficient (Wildman–Crippen LogP) is 2.13. The first-order chi connectivity index (χ1) is 11.5. The van der Waals surface area contributed by atoms with Crippen molar-refractivity contribution in [2.24, 2.45) is 5.73 Å². The fourth-order valence-electron chi connectivity index (χ4n) is 2.58. The monoisotopic (exact) mass is 363 g/mol. The molecule has 2 aromatic rings. The van der Waals surface area contributed by atoms with Gasteiger partial charge in [-0.25, -0.2) is 4.98 Å². The maximum absolute atomic E-state index is 13.0. The molecule has 3 rings (SSSR count). The highest BCUT2D eigenvalue weighted by Gasteiger charge is 2.36. The van der Waals surface area contributed by atoms with Gasteiger partial charge in [-0.2, -0.15) is 0 Å². The summed E-state index contributed by atoms with van der Waals surface area (Å²) in [4.78, 5) is 31.1. The number of nitrogens with two attached hydrogens (primary N) is 1. The van der Waals surface area contributed by atoms with E-state index in [4.69, 9.17) is 10.5 Å². The normalized spacial score (nSPS) is 17.1. The summed E-state index contributed by atoms with van der Waals surface area (Å²) in [5.74, 6) is 0.705. The largest absolute Gasteiger partial charge is 0.497 e. The number of thioether (sulfide) groups is 1.